The Bertz CT molecular complexity index is 350. The van der Waals surface area contributed by atoms with Crippen molar-refractivity contribution in [2.75, 3.05) is 19.6 Å². The molecule has 3 heteroatoms. The predicted octanol–water partition coefficient (Wildman–Crippen LogP) is 2.05. The first-order valence-electron chi connectivity index (χ1n) is 6.37. The van der Waals surface area contributed by atoms with Crippen LogP contribution in [0.15, 0.2) is 24.3 Å². The van der Waals surface area contributed by atoms with E-state index in [1.807, 2.05) is 12.1 Å². The van der Waals surface area contributed by atoms with Gasteiger partial charge >= 0.3 is 0 Å². The molecule has 0 bridgehead atoms. The topological polar surface area (TPSA) is 15.3 Å². The Morgan fingerprint density at radius 2 is 2.00 bits per heavy atom. The quantitative estimate of drug-likeness (QED) is 0.864. The first kappa shape index (κ1) is 12.5. The van der Waals surface area contributed by atoms with Crippen LogP contribution in [0.5, 0.6) is 0 Å². The second-order valence-corrected chi connectivity index (χ2v) is 5.03. The second-order valence-electron chi connectivity index (χ2n) is 5.03. The molecule has 1 aliphatic heterocycles. The average Bonchev–Trinajstić information content (AvgIpc) is 2.32. The van der Waals surface area contributed by atoms with Gasteiger partial charge in [-0.1, -0.05) is 12.1 Å². The van der Waals surface area contributed by atoms with Crippen LogP contribution in [-0.2, 0) is 6.42 Å². The third kappa shape index (κ3) is 3.51. The maximum atomic E-state index is 12.8. The predicted molar refractivity (Wildman–Crippen MR) is 68.6 cm³/mol. The lowest BCUT2D eigenvalue weighted by Crippen LogP contribution is -2.54. The molecule has 0 saturated carbocycles. The van der Waals surface area contributed by atoms with E-state index in [2.05, 4.69) is 24.1 Å². The fourth-order valence-electron chi connectivity index (χ4n) is 2.33. The van der Waals surface area contributed by atoms with Crippen LogP contribution in [0.4, 0.5) is 4.39 Å². The van der Waals surface area contributed by atoms with Crippen molar-refractivity contribution in [2.45, 2.75) is 32.4 Å². The van der Waals surface area contributed by atoms with Crippen molar-refractivity contribution in [3.8, 4) is 0 Å². The maximum absolute atomic E-state index is 12.8. The molecule has 2 atom stereocenters. The highest BCUT2D eigenvalue weighted by molar-refractivity contribution is 5.16. The SMILES string of the molecule is C[C@@H]1CN(CCc2ccc(F)cc2)[C@@H](C)CN1. The Morgan fingerprint density at radius 3 is 2.71 bits per heavy atom. The van der Waals surface area contributed by atoms with Gasteiger partial charge in [0.05, 0.1) is 0 Å². The van der Waals surface area contributed by atoms with Crippen molar-refractivity contribution in [3.63, 3.8) is 0 Å². The van der Waals surface area contributed by atoms with Crippen LogP contribution >= 0.6 is 0 Å². The van der Waals surface area contributed by atoms with E-state index in [1.54, 1.807) is 12.1 Å². The van der Waals surface area contributed by atoms with Crippen LogP contribution in [0.2, 0.25) is 0 Å². The average molecular weight is 236 g/mol. The lowest BCUT2D eigenvalue weighted by molar-refractivity contribution is 0.148. The number of piperazine rings is 1. The molecule has 1 fully saturated rings. The van der Waals surface area contributed by atoms with Gasteiger partial charge in [-0.3, -0.25) is 4.90 Å². The molecule has 1 saturated heterocycles. The zero-order valence-corrected chi connectivity index (χ0v) is 10.6. The van der Waals surface area contributed by atoms with E-state index < -0.39 is 0 Å². The summed E-state index contributed by atoms with van der Waals surface area (Å²) < 4.78 is 12.8. The number of nitrogens with zero attached hydrogens (tertiary/aromatic N) is 1. The first-order valence-corrected chi connectivity index (χ1v) is 6.37. The monoisotopic (exact) mass is 236 g/mol. The Labute approximate surface area is 103 Å². The minimum absolute atomic E-state index is 0.155. The first-order chi connectivity index (χ1) is 8.15. The summed E-state index contributed by atoms with van der Waals surface area (Å²) in [5.41, 5.74) is 1.21. The number of rotatable bonds is 3. The van der Waals surface area contributed by atoms with Gasteiger partial charge in [0.25, 0.3) is 0 Å². The Kier molecular flexibility index (Phi) is 4.13. The molecule has 0 unspecified atom stereocenters. The van der Waals surface area contributed by atoms with Crippen molar-refractivity contribution in [3.05, 3.63) is 35.6 Å². The fourth-order valence-corrected chi connectivity index (χ4v) is 2.33. The van der Waals surface area contributed by atoms with Gasteiger partial charge in [0.2, 0.25) is 0 Å². The molecule has 94 valence electrons. The Hall–Kier alpha value is -0.930. The number of hydrogen-bond donors (Lipinski definition) is 1. The Morgan fingerprint density at radius 1 is 1.29 bits per heavy atom. The summed E-state index contributed by atoms with van der Waals surface area (Å²) in [6.07, 6.45) is 0.997. The minimum Gasteiger partial charge on any atom is -0.311 e. The number of benzene rings is 1. The minimum atomic E-state index is -0.155. The van der Waals surface area contributed by atoms with Gasteiger partial charge in [0, 0.05) is 31.7 Å². The molecule has 0 radical (unpaired) electrons. The normalized spacial score (nSPS) is 26.1. The molecule has 1 N–H and O–H groups in total. The van der Waals surface area contributed by atoms with Gasteiger partial charge in [-0.25, -0.2) is 4.39 Å². The summed E-state index contributed by atoms with van der Waals surface area (Å²) in [5, 5.41) is 3.48. The summed E-state index contributed by atoms with van der Waals surface area (Å²) in [7, 11) is 0. The van der Waals surface area contributed by atoms with E-state index in [9.17, 15) is 4.39 Å². The maximum Gasteiger partial charge on any atom is 0.123 e. The highest BCUT2D eigenvalue weighted by Gasteiger charge is 2.21. The second kappa shape index (κ2) is 5.61. The summed E-state index contributed by atoms with van der Waals surface area (Å²) >= 11 is 0. The lowest BCUT2D eigenvalue weighted by atomic mass is 10.1. The van der Waals surface area contributed by atoms with Crippen LogP contribution in [0, 0.1) is 5.82 Å². The number of nitrogens with one attached hydrogen (secondary N) is 1. The highest BCUT2D eigenvalue weighted by atomic mass is 19.1. The van der Waals surface area contributed by atoms with Crippen molar-refractivity contribution in [2.24, 2.45) is 0 Å². The summed E-state index contributed by atoms with van der Waals surface area (Å²) in [6, 6.07) is 8.00. The largest absolute Gasteiger partial charge is 0.311 e. The molecular weight excluding hydrogens is 215 g/mol. The summed E-state index contributed by atoms with van der Waals surface area (Å²) in [6.45, 7) is 7.69. The fraction of sp³-hybridized carbons (Fsp3) is 0.571. The van der Waals surface area contributed by atoms with Gasteiger partial charge in [-0.15, -0.1) is 0 Å². The van der Waals surface area contributed by atoms with E-state index in [0.717, 1.165) is 26.1 Å². The molecule has 0 aliphatic carbocycles. The van der Waals surface area contributed by atoms with E-state index in [-0.39, 0.29) is 5.82 Å². The van der Waals surface area contributed by atoms with Crippen LogP contribution in [0.25, 0.3) is 0 Å². The number of hydrogen-bond acceptors (Lipinski definition) is 2. The van der Waals surface area contributed by atoms with E-state index in [1.165, 1.54) is 5.56 Å². The van der Waals surface area contributed by atoms with E-state index in [0.29, 0.717) is 12.1 Å². The van der Waals surface area contributed by atoms with Crippen LogP contribution < -0.4 is 5.32 Å². The molecule has 1 aromatic carbocycles. The van der Waals surface area contributed by atoms with Crippen LogP contribution in [-0.4, -0.2) is 36.6 Å². The molecule has 1 aliphatic rings. The molecule has 0 aromatic heterocycles. The van der Waals surface area contributed by atoms with Crippen molar-refractivity contribution < 1.29 is 4.39 Å². The standard InChI is InChI=1S/C14H21FN2/c1-11-10-17(12(2)9-16-11)8-7-13-3-5-14(15)6-4-13/h3-6,11-12,16H,7-10H2,1-2H3/t11-,12+/m1/s1. The van der Waals surface area contributed by atoms with E-state index in [4.69, 9.17) is 0 Å². The molecule has 1 aromatic rings. The van der Waals surface area contributed by atoms with Crippen molar-refractivity contribution in [1.82, 2.24) is 10.2 Å². The molecule has 2 rings (SSSR count). The molecule has 1 heterocycles. The van der Waals surface area contributed by atoms with E-state index >= 15 is 0 Å². The van der Waals surface area contributed by atoms with Crippen LogP contribution in [0.1, 0.15) is 19.4 Å². The third-order valence-electron chi connectivity index (χ3n) is 3.49. The van der Waals surface area contributed by atoms with Crippen LogP contribution in [0.3, 0.4) is 0 Å². The van der Waals surface area contributed by atoms with Crippen molar-refractivity contribution in [1.29, 1.82) is 0 Å². The Balaban J connectivity index is 1.86. The van der Waals surface area contributed by atoms with Gasteiger partial charge in [0.15, 0.2) is 0 Å². The van der Waals surface area contributed by atoms with Gasteiger partial charge in [-0.05, 0) is 38.0 Å². The van der Waals surface area contributed by atoms with Gasteiger partial charge in [-0.2, -0.15) is 0 Å². The zero-order valence-electron chi connectivity index (χ0n) is 10.6. The molecule has 0 amide bonds. The summed E-state index contributed by atoms with van der Waals surface area (Å²) in [4.78, 5) is 2.50. The smallest absolute Gasteiger partial charge is 0.123 e. The lowest BCUT2D eigenvalue weighted by Gasteiger charge is -2.37. The zero-order chi connectivity index (χ0) is 12.3. The molecule has 0 spiro atoms. The van der Waals surface area contributed by atoms with Gasteiger partial charge in [0.1, 0.15) is 5.82 Å². The number of halogens is 1. The van der Waals surface area contributed by atoms with Gasteiger partial charge < -0.3 is 5.32 Å². The van der Waals surface area contributed by atoms with Crippen molar-refractivity contribution >= 4 is 0 Å². The summed E-state index contributed by atoms with van der Waals surface area (Å²) in [5.74, 6) is -0.155. The third-order valence-corrected chi connectivity index (χ3v) is 3.49. The molecular formula is C14H21FN2. The molecule has 17 heavy (non-hydrogen) atoms. The molecule has 2 nitrogen and oxygen atoms in total. The highest BCUT2D eigenvalue weighted by Crippen LogP contribution is 2.09.